The predicted molar refractivity (Wildman–Crippen MR) is 154 cm³/mol. The maximum Gasteiger partial charge on any atom is 0.154 e. The Morgan fingerprint density at radius 3 is 2.06 bits per heavy atom. The summed E-state index contributed by atoms with van der Waals surface area (Å²) in [6, 6.07) is 30.0. The number of hydrogen-bond donors (Lipinski definition) is 1. The third-order valence-electron chi connectivity index (χ3n) is 5.30. The Labute approximate surface area is 210 Å². The molecule has 2 nitrogen and oxygen atoms in total. The lowest BCUT2D eigenvalue weighted by atomic mass is 10.1. The lowest BCUT2D eigenvalue weighted by Gasteiger charge is -2.21. The molecule has 0 aliphatic rings. The van der Waals surface area contributed by atoms with E-state index in [0.29, 0.717) is 0 Å². The van der Waals surface area contributed by atoms with Crippen LogP contribution in [0, 0.1) is 0 Å². The van der Waals surface area contributed by atoms with Crippen molar-refractivity contribution in [3.8, 4) is 0 Å². The average molecular weight is 493 g/mol. The van der Waals surface area contributed by atoms with Gasteiger partial charge in [-0.1, -0.05) is 148 Å². The Morgan fingerprint density at radius 2 is 1.39 bits per heavy atom. The molecule has 3 aromatic rings. The number of thiocarbonyl (C=S) groups is 1. The average Bonchev–Trinajstić information content (AvgIpc) is 2.86. The van der Waals surface area contributed by atoms with Gasteiger partial charge < -0.3 is 0 Å². The molecule has 0 saturated heterocycles. The first kappa shape index (κ1) is 25.6. The van der Waals surface area contributed by atoms with Gasteiger partial charge in [0.1, 0.15) is 0 Å². The van der Waals surface area contributed by atoms with Crippen LogP contribution in [-0.4, -0.2) is 16.3 Å². The number of rotatable bonds is 12. The first-order valence-corrected chi connectivity index (χ1v) is 14.5. The molecular formula is C28H33N2PS2. The largest absolute Gasteiger partial charge is 0.262 e. The van der Waals surface area contributed by atoms with Gasteiger partial charge in [0.25, 0.3) is 0 Å². The molecule has 0 fully saturated rings. The summed E-state index contributed by atoms with van der Waals surface area (Å²) in [5.74, 6) is 1.05. The predicted octanol–water partition coefficient (Wildman–Crippen LogP) is 6.75. The van der Waals surface area contributed by atoms with E-state index < -0.39 is 7.92 Å². The van der Waals surface area contributed by atoms with Gasteiger partial charge in [0.15, 0.2) is 4.32 Å². The van der Waals surface area contributed by atoms with Gasteiger partial charge in [0.2, 0.25) is 0 Å². The first-order chi connectivity index (χ1) is 16.3. The van der Waals surface area contributed by atoms with Gasteiger partial charge in [0.05, 0.1) is 6.21 Å². The molecule has 0 bridgehead atoms. The number of hydrogen-bond acceptors (Lipinski definition) is 3. The van der Waals surface area contributed by atoms with Crippen LogP contribution in [0.4, 0.5) is 0 Å². The topological polar surface area (TPSA) is 24.4 Å². The quantitative estimate of drug-likeness (QED) is 0.0995. The Morgan fingerprint density at radius 1 is 0.818 bits per heavy atom. The molecule has 0 radical (unpaired) electrons. The zero-order chi connectivity index (χ0) is 23.1. The number of nitrogens with zero attached hydrogens (tertiary/aromatic N) is 1. The van der Waals surface area contributed by atoms with Crippen LogP contribution in [0.1, 0.15) is 51.0 Å². The number of unbranched alkanes of at least 4 members (excludes halogenated alkanes) is 5. The van der Waals surface area contributed by atoms with E-state index in [1.54, 1.807) is 11.8 Å². The number of thioether (sulfide) groups is 1. The van der Waals surface area contributed by atoms with E-state index in [0.717, 1.165) is 15.6 Å². The molecule has 1 N–H and O–H groups in total. The molecule has 0 aliphatic carbocycles. The van der Waals surface area contributed by atoms with Gasteiger partial charge in [0, 0.05) is 11.3 Å². The highest BCUT2D eigenvalue weighted by Gasteiger charge is 2.18. The maximum absolute atomic E-state index is 5.47. The normalized spacial score (nSPS) is 11.2. The molecule has 5 heteroatoms. The second kappa shape index (κ2) is 15.0. The van der Waals surface area contributed by atoms with Crippen molar-refractivity contribution < 1.29 is 0 Å². The Balaban J connectivity index is 1.64. The molecule has 0 atom stereocenters. The Bertz CT molecular complexity index is 954. The Hall–Kier alpha value is -2.00. The molecule has 33 heavy (non-hydrogen) atoms. The summed E-state index contributed by atoms with van der Waals surface area (Å²) in [5, 5.41) is 8.44. The molecule has 0 saturated carbocycles. The second-order valence-corrected chi connectivity index (χ2v) is 11.8. The fourth-order valence-corrected chi connectivity index (χ4v) is 6.99. The van der Waals surface area contributed by atoms with Gasteiger partial charge >= 0.3 is 0 Å². The van der Waals surface area contributed by atoms with Crippen LogP contribution < -0.4 is 21.3 Å². The maximum atomic E-state index is 5.47. The van der Waals surface area contributed by atoms with Crippen LogP contribution in [0.25, 0.3) is 0 Å². The first-order valence-electron chi connectivity index (χ1n) is 11.7. The van der Waals surface area contributed by atoms with Crippen molar-refractivity contribution in [1.82, 2.24) is 5.43 Å². The van der Waals surface area contributed by atoms with E-state index in [1.165, 1.54) is 54.4 Å². The van der Waals surface area contributed by atoms with E-state index in [1.807, 2.05) is 6.21 Å². The van der Waals surface area contributed by atoms with Crippen LogP contribution >= 0.6 is 31.9 Å². The summed E-state index contributed by atoms with van der Waals surface area (Å²) in [5.41, 5.74) is 4.18. The summed E-state index contributed by atoms with van der Waals surface area (Å²) < 4.78 is 0.741. The lowest BCUT2D eigenvalue weighted by Crippen LogP contribution is -2.23. The summed E-state index contributed by atoms with van der Waals surface area (Å²) in [6.07, 6.45) is 9.73. The summed E-state index contributed by atoms with van der Waals surface area (Å²) in [7, 11) is -0.674. The molecule has 0 heterocycles. The number of nitrogens with one attached hydrogen (secondary N) is 1. The fourth-order valence-electron chi connectivity index (χ4n) is 3.62. The molecule has 0 amide bonds. The third-order valence-corrected chi connectivity index (χ3v) is 9.11. The van der Waals surface area contributed by atoms with Crippen LogP contribution in [-0.2, 0) is 0 Å². The van der Waals surface area contributed by atoms with Crippen LogP contribution in [0.5, 0.6) is 0 Å². The van der Waals surface area contributed by atoms with Crippen molar-refractivity contribution >= 4 is 58.4 Å². The van der Waals surface area contributed by atoms with Gasteiger partial charge in [-0.15, -0.1) is 0 Å². The minimum atomic E-state index is -0.674. The monoisotopic (exact) mass is 492 g/mol. The second-order valence-electron chi connectivity index (χ2n) is 7.84. The summed E-state index contributed by atoms with van der Waals surface area (Å²) >= 11 is 7.16. The smallest absolute Gasteiger partial charge is 0.154 e. The molecule has 0 unspecified atom stereocenters. The van der Waals surface area contributed by atoms with Crippen LogP contribution in [0.3, 0.4) is 0 Å². The fraction of sp³-hybridized carbons (Fsp3) is 0.286. The van der Waals surface area contributed by atoms with Crippen molar-refractivity contribution in [3.05, 3.63) is 90.5 Å². The highest BCUT2D eigenvalue weighted by Crippen LogP contribution is 2.33. The molecule has 0 aliphatic heterocycles. The number of hydrazone groups is 1. The van der Waals surface area contributed by atoms with Crippen molar-refractivity contribution in [3.63, 3.8) is 0 Å². The van der Waals surface area contributed by atoms with Crippen molar-refractivity contribution in [1.29, 1.82) is 0 Å². The highest BCUT2D eigenvalue weighted by atomic mass is 32.2. The van der Waals surface area contributed by atoms with E-state index in [-0.39, 0.29) is 0 Å². The third kappa shape index (κ3) is 8.70. The van der Waals surface area contributed by atoms with Crippen molar-refractivity contribution in [2.75, 3.05) is 5.75 Å². The molecular weight excluding hydrogens is 459 g/mol. The molecule has 3 aromatic carbocycles. The van der Waals surface area contributed by atoms with Crippen LogP contribution in [0.2, 0.25) is 0 Å². The summed E-state index contributed by atoms with van der Waals surface area (Å²) in [6.45, 7) is 2.25. The zero-order valence-corrected chi connectivity index (χ0v) is 21.8. The summed E-state index contributed by atoms with van der Waals surface area (Å²) in [4.78, 5) is 0. The van der Waals surface area contributed by atoms with Gasteiger partial charge in [-0.25, -0.2) is 0 Å². The van der Waals surface area contributed by atoms with E-state index in [4.69, 9.17) is 12.2 Å². The van der Waals surface area contributed by atoms with Gasteiger partial charge in [-0.05, 0) is 30.3 Å². The van der Waals surface area contributed by atoms with E-state index >= 15 is 0 Å². The van der Waals surface area contributed by atoms with Crippen molar-refractivity contribution in [2.45, 2.75) is 45.4 Å². The SMILES string of the molecule is CCCCCCCCSC(=S)N/N=C/c1ccccc1P(c1ccccc1)c1ccccc1. The zero-order valence-electron chi connectivity index (χ0n) is 19.3. The molecule has 172 valence electrons. The van der Waals surface area contributed by atoms with E-state index in [2.05, 4.69) is 102 Å². The molecule has 0 aromatic heterocycles. The number of benzene rings is 3. The molecule has 3 rings (SSSR count). The Kier molecular flexibility index (Phi) is 11.7. The van der Waals surface area contributed by atoms with Crippen molar-refractivity contribution in [2.24, 2.45) is 5.10 Å². The highest BCUT2D eigenvalue weighted by molar-refractivity contribution is 8.22. The lowest BCUT2D eigenvalue weighted by molar-refractivity contribution is 0.627. The molecule has 0 spiro atoms. The van der Waals surface area contributed by atoms with Gasteiger partial charge in [-0.3, -0.25) is 5.43 Å². The standard InChI is InChI=1S/C28H33N2PS2/c1-2-3-4-5-6-15-22-33-28(32)30-29-23-24-16-13-14-21-27(24)31(25-17-9-7-10-18-25)26-19-11-8-12-20-26/h7-14,16-21,23H,2-6,15,22H2,1H3,(H,30,32)/b29-23+. The minimum absolute atomic E-state index is 0.674. The minimum Gasteiger partial charge on any atom is -0.262 e. The van der Waals surface area contributed by atoms with Crippen LogP contribution in [0.15, 0.2) is 90.0 Å². The van der Waals surface area contributed by atoms with Gasteiger partial charge in [-0.2, -0.15) is 5.10 Å². The van der Waals surface area contributed by atoms with E-state index in [9.17, 15) is 0 Å².